The second-order valence-corrected chi connectivity index (χ2v) is 6.14. The first-order chi connectivity index (χ1) is 8.45. The van der Waals surface area contributed by atoms with Gasteiger partial charge in [0.05, 0.1) is 0 Å². The highest BCUT2D eigenvalue weighted by Crippen LogP contribution is 2.23. The average molecular weight is 248 g/mol. The summed E-state index contributed by atoms with van der Waals surface area (Å²) in [4.78, 5) is 0. The summed E-state index contributed by atoms with van der Waals surface area (Å²) in [6.45, 7) is 10.9. The van der Waals surface area contributed by atoms with Gasteiger partial charge in [0.25, 0.3) is 0 Å². The van der Waals surface area contributed by atoms with E-state index in [-0.39, 0.29) is 5.41 Å². The van der Waals surface area contributed by atoms with Crippen molar-refractivity contribution < 1.29 is 0 Å². The van der Waals surface area contributed by atoms with Crippen molar-refractivity contribution in [1.29, 1.82) is 0 Å². The van der Waals surface area contributed by atoms with Gasteiger partial charge in [-0.05, 0) is 30.5 Å². The van der Waals surface area contributed by atoms with E-state index in [4.69, 9.17) is 0 Å². The molecule has 0 aliphatic carbocycles. The summed E-state index contributed by atoms with van der Waals surface area (Å²) in [7, 11) is 1.96. The first-order valence-corrected chi connectivity index (χ1v) is 6.90. The van der Waals surface area contributed by atoms with Gasteiger partial charge in [-0.3, -0.25) is 0 Å². The van der Waals surface area contributed by atoms with Crippen LogP contribution in [-0.2, 0) is 11.8 Å². The van der Waals surface area contributed by atoms with Gasteiger partial charge in [-0.2, -0.15) is 0 Å². The lowest BCUT2D eigenvalue weighted by Gasteiger charge is -2.26. The first kappa shape index (κ1) is 15.2. The van der Waals surface area contributed by atoms with Crippen molar-refractivity contribution in [3.8, 4) is 0 Å². The van der Waals surface area contributed by atoms with Crippen LogP contribution >= 0.6 is 0 Å². The van der Waals surface area contributed by atoms with Crippen molar-refractivity contribution in [2.45, 2.75) is 39.5 Å². The van der Waals surface area contributed by atoms with Crippen molar-refractivity contribution in [3.63, 3.8) is 0 Å². The highest BCUT2D eigenvalue weighted by molar-refractivity contribution is 5.28. The minimum atomic E-state index is 0.174. The Morgan fingerprint density at radius 1 is 1.11 bits per heavy atom. The van der Waals surface area contributed by atoms with E-state index in [1.807, 2.05) is 7.05 Å². The van der Waals surface area contributed by atoms with Crippen LogP contribution in [0, 0.1) is 5.92 Å². The standard InChI is InChI=1S/C16H28N2/c1-13(2)10-14-6-8-15(9-7-14)16(3,4)11-18-12-17-5/h6-9,13,17-18H,10-12H2,1-5H3. The molecule has 0 fully saturated rings. The van der Waals surface area contributed by atoms with E-state index in [1.54, 1.807) is 0 Å². The maximum atomic E-state index is 3.41. The molecule has 0 saturated carbocycles. The third-order valence-corrected chi connectivity index (χ3v) is 3.25. The van der Waals surface area contributed by atoms with Crippen LogP contribution in [0.15, 0.2) is 24.3 Å². The van der Waals surface area contributed by atoms with E-state index in [9.17, 15) is 0 Å². The van der Waals surface area contributed by atoms with Gasteiger partial charge in [0.15, 0.2) is 0 Å². The Hall–Kier alpha value is -0.860. The normalized spacial score (nSPS) is 12.1. The van der Waals surface area contributed by atoms with Crippen molar-refractivity contribution in [2.24, 2.45) is 5.92 Å². The number of benzene rings is 1. The molecule has 1 rings (SSSR count). The largest absolute Gasteiger partial charge is 0.308 e. The van der Waals surface area contributed by atoms with E-state index in [0.717, 1.165) is 19.1 Å². The van der Waals surface area contributed by atoms with Gasteiger partial charge in [0.1, 0.15) is 0 Å². The summed E-state index contributed by atoms with van der Waals surface area (Å²) < 4.78 is 0. The van der Waals surface area contributed by atoms with Crippen LogP contribution in [0.3, 0.4) is 0 Å². The van der Waals surface area contributed by atoms with Crippen LogP contribution in [0.2, 0.25) is 0 Å². The SMILES string of the molecule is CNCNCC(C)(C)c1ccc(CC(C)C)cc1. The summed E-state index contributed by atoms with van der Waals surface area (Å²) >= 11 is 0. The Labute approximate surface area is 112 Å². The zero-order valence-electron chi connectivity index (χ0n) is 12.5. The van der Waals surface area contributed by atoms with Crippen molar-refractivity contribution in [3.05, 3.63) is 35.4 Å². The van der Waals surface area contributed by atoms with E-state index < -0.39 is 0 Å². The Kier molecular flexibility index (Phi) is 5.83. The summed E-state index contributed by atoms with van der Waals surface area (Å²) in [5, 5.41) is 6.52. The third-order valence-electron chi connectivity index (χ3n) is 3.25. The van der Waals surface area contributed by atoms with Crippen LogP contribution in [0.1, 0.15) is 38.8 Å². The summed E-state index contributed by atoms with van der Waals surface area (Å²) in [5.41, 5.74) is 3.01. The zero-order chi connectivity index (χ0) is 13.6. The molecule has 2 nitrogen and oxygen atoms in total. The molecule has 1 aromatic rings. The van der Waals surface area contributed by atoms with Gasteiger partial charge < -0.3 is 10.6 Å². The van der Waals surface area contributed by atoms with Crippen molar-refractivity contribution >= 4 is 0 Å². The van der Waals surface area contributed by atoms with Crippen molar-refractivity contribution in [1.82, 2.24) is 10.6 Å². The molecule has 0 aliphatic rings. The van der Waals surface area contributed by atoms with E-state index >= 15 is 0 Å². The highest BCUT2D eigenvalue weighted by atomic mass is 15.0. The van der Waals surface area contributed by atoms with Gasteiger partial charge in [0, 0.05) is 18.6 Å². The molecule has 18 heavy (non-hydrogen) atoms. The summed E-state index contributed by atoms with van der Waals surface area (Å²) in [6.07, 6.45) is 1.17. The molecule has 0 aliphatic heterocycles. The molecule has 0 amide bonds. The fraction of sp³-hybridized carbons (Fsp3) is 0.625. The topological polar surface area (TPSA) is 24.1 Å². The molecule has 1 aromatic carbocycles. The van der Waals surface area contributed by atoms with Crippen LogP contribution in [0.4, 0.5) is 0 Å². The molecule has 0 heterocycles. The summed E-state index contributed by atoms with van der Waals surface area (Å²) in [6, 6.07) is 9.10. The Morgan fingerprint density at radius 3 is 2.22 bits per heavy atom. The predicted molar refractivity (Wildman–Crippen MR) is 79.9 cm³/mol. The molecule has 0 bridgehead atoms. The van der Waals surface area contributed by atoms with Crippen LogP contribution in [-0.4, -0.2) is 20.3 Å². The second kappa shape index (κ2) is 6.91. The molecule has 102 valence electrons. The Bertz CT molecular complexity index is 339. The number of hydrogen-bond acceptors (Lipinski definition) is 2. The Morgan fingerprint density at radius 2 is 1.72 bits per heavy atom. The minimum Gasteiger partial charge on any atom is -0.308 e. The zero-order valence-corrected chi connectivity index (χ0v) is 12.5. The van der Waals surface area contributed by atoms with Crippen LogP contribution in [0.5, 0.6) is 0 Å². The molecule has 2 N–H and O–H groups in total. The molecule has 2 heteroatoms. The van der Waals surface area contributed by atoms with E-state index in [0.29, 0.717) is 0 Å². The van der Waals surface area contributed by atoms with Gasteiger partial charge >= 0.3 is 0 Å². The fourth-order valence-corrected chi connectivity index (χ4v) is 2.17. The number of hydrogen-bond donors (Lipinski definition) is 2. The monoisotopic (exact) mass is 248 g/mol. The third kappa shape index (κ3) is 4.79. The highest BCUT2D eigenvalue weighted by Gasteiger charge is 2.19. The fourth-order valence-electron chi connectivity index (χ4n) is 2.17. The molecule has 0 unspecified atom stereocenters. The molecule has 0 radical (unpaired) electrons. The Balaban J connectivity index is 2.65. The molecule has 0 saturated heterocycles. The minimum absolute atomic E-state index is 0.174. The lowest BCUT2D eigenvalue weighted by atomic mass is 9.84. The molecular formula is C16H28N2. The van der Waals surface area contributed by atoms with E-state index in [2.05, 4.69) is 62.6 Å². The van der Waals surface area contributed by atoms with Crippen molar-refractivity contribution in [2.75, 3.05) is 20.3 Å². The van der Waals surface area contributed by atoms with Gasteiger partial charge in [-0.25, -0.2) is 0 Å². The average Bonchev–Trinajstić information content (AvgIpc) is 2.29. The van der Waals surface area contributed by atoms with Gasteiger partial charge in [-0.1, -0.05) is 52.0 Å². The quantitative estimate of drug-likeness (QED) is 0.573. The summed E-state index contributed by atoms with van der Waals surface area (Å²) in [5.74, 6) is 0.723. The van der Waals surface area contributed by atoms with Gasteiger partial charge in [0.2, 0.25) is 0 Å². The maximum absolute atomic E-state index is 3.41. The second-order valence-electron chi connectivity index (χ2n) is 6.14. The molecular weight excluding hydrogens is 220 g/mol. The molecule has 0 spiro atoms. The number of nitrogens with one attached hydrogen (secondary N) is 2. The maximum Gasteiger partial charge on any atom is 0.0452 e. The predicted octanol–water partition coefficient (Wildman–Crippen LogP) is 2.93. The number of rotatable bonds is 7. The first-order valence-electron chi connectivity index (χ1n) is 6.90. The lowest BCUT2D eigenvalue weighted by molar-refractivity contribution is 0.460. The smallest absolute Gasteiger partial charge is 0.0452 e. The van der Waals surface area contributed by atoms with E-state index in [1.165, 1.54) is 17.5 Å². The van der Waals surface area contributed by atoms with Gasteiger partial charge in [-0.15, -0.1) is 0 Å². The van der Waals surface area contributed by atoms with Crippen LogP contribution < -0.4 is 10.6 Å². The molecule has 0 aromatic heterocycles. The molecule has 0 atom stereocenters. The van der Waals surface area contributed by atoms with Crippen LogP contribution in [0.25, 0.3) is 0 Å². The lowest BCUT2D eigenvalue weighted by Crippen LogP contribution is -2.37.